The maximum absolute atomic E-state index is 12.4. The highest BCUT2D eigenvalue weighted by Gasteiger charge is 2.31. The smallest absolute Gasteiger partial charge is 0.276 e. The lowest BCUT2D eigenvalue weighted by Gasteiger charge is -2.34. The molecule has 2 heterocycles. The molecule has 1 aliphatic heterocycles. The lowest BCUT2D eigenvalue weighted by atomic mass is 10.0. The lowest BCUT2D eigenvalue weighted by molar-refractivity contribution is -0.00329. The minimum Gasteiger partial charge on any atom is -0.377 e. The molecule has 2 aromatic rings. The van der Waals surface area contributed by atoms with Crippen LogP contribution in [0.4, 0.5) is 0 Å². The van der Waals surface area contributed by atoms with Crippen molar-refractivity contribution in [3.8, 4) is 0 Å². The number of Topliss-reactive ketones (excluding diaryl/α,β-unsaturated/α-hetero) is 1. The molecule has 1 amide bonds. The fourth-order valence-corrected chi connectivity index (χ4v) is 2.52. The Morgan fingerprint density at radius 1 is 1.23 bits per heavy atom. The van der Waals surface area contributed by atoms with Crippen LogP contribution in [0.5, 0.6) is 0 Å². The van der Waals surface area contributed by atoms with Crippen molar-refractivity contribution in [3.63, 3.8) is 0 Å². The molecular weight excluding hydrogens is 284 g/mol. The van der Waals surface area contributed by atoms with Gasteiger partial charge in [0.25, 0.3) is 5.91 Å². The molecule has 114 valence electrons. The lowest BCUT2D eigenvalue weighted by Crippen LogP contribution is -2.49. The summed E-state index contributed by atoms with van der Waals surface area (Å²) in [6.07, 6.45) is 1.59. The van der Waals surface area contributed by atoms with E-state index < -0.39 is 0 Å². The van der Waals surface area contributed by atoms with Gasteiger partial charge in [-0.15, -0.1) is 0 Å². The first-order valence-corrected chi connectivity index (χ1v) is 7.13. The molecule has 1 aromatic carbocycles. The third-order valence-electron chi connectivity index (χ3n) is 3.66. The highest BCUT2D eigenvalue weighted by atomic mass is 16.5. The maximum Gasteiger partial charge on any atom is 0.276 e. The van der Waals surface area contributed by atoms with Crippen LogP contribution in [0.3, 0.4) is 0 Å². The van der Waals surface area contributed by atoms with Crippen molar-refractivity contribution in [2.45, 2.75) is 12.5 Å². The molecule has 1 fully saturated rings. The van der Waals surface area contributed by atoms with E-state index in [2.05, 4.69) is 5.16 Å². The molecule has 0 saturated carbocycles. The number of nitrogens with zero attached hydrogens (tertiary/aromatic N) is 2. The van der Waals surface area contributed by atoms with E-state index in [1.165, 1.54) is 12.3 Å². The fraction of sp³-hybridized carbons (Fsp3) is 0.312. The maximum atomic E-state index is 12.4. The highest BCUT2D eigenvalue weighted by molar-refractivity contribution is 5.97. The van der Waals surface area contributed by atoms with Gasteiger partial charge in [-0.05, 0) is 0 Å². The van der Waals surface area contributed by atoms with Crippen LogP contribution in [0, 0.1) is 0 Å². The Morgan fingerprint density at radius 3 is 2.77 bits per heavy atom. The Bertz CT molecular complexity index is 639. The van der Waals surface area contributed by atoms with Crippen molar-refractivity contribution in [1.82, 2.24) is 10.1 Å². The summed E-state index contributed by atoms with van der Waals surface area (Å²) in [4.78, 5) is 26.4. The molecule has 1 saturated heterocycles. The Hall–Kier alpha value is -2.47. The Kier molecular flexibility index (Phi) is 4.29. The van der Waals surface area contributed by atoms with Crippen molar-refractivity contribution in [1.29, 1.82) is 0 Å². The van der Waals surface area contributed by atoms with E-state index in [0.29, 0.717) is 25.3 Å². The number of aromatic nitrogens is 1. The number of hydrogen-bond acceptors (Lipinski definition) is 5. The molecule has 6 nitrogen and oxygen atoms in total. The topological polar surface area (TPSA) is 72.6 Å². The summed E-state index contributed by atoms with van der Waals surface area (Å²) in [6, 6.07) is 10.3. The van der Waals surface area contributed by atoms with Gasteiger partial charge in [-0.3, -0.25) is 9.59 Å². The van der Waals surface area contributed by atoms with Crippen molar-refractivity contribution in [3.05, 3.63) is 53.9 Å². The molecule has 0 N–H and O–H groups in total. The van der Waals surface area contributed by atoms with Gasteiger partial charge < -0.3 is 14.2 Å². The second kappa shape index (κ2) is 6.53. The molecule has 0 radical (unpaired) electrons. The number of hydrogen-bond donors (Lipinski definition) is 0. The number of rotatable bonds is 4. The predicted octanol–water partition coefficient (Wildman–Crippen LogP) is 1.79. The van der Waals surface area contributed by atoms with E-state index >= 15 is 0 Å². The van der Waals surface area contributed by atoms with Gasteiger partial charge in [-0.1, -0.05) is 35.5 Å². The van der Waals surface area contributed by atoms with Gasteiger partial charge in [0.15, 0.2) is 11.5 Å². The monoisotopic (exact) mass is 300 g/mol. The van der Waals surface area contributed by atoms with Gasteiger partial charge in [0.1, 0.15) is 6.26 Å². The van der Waals surface area contributed by atoms with Crippen LogP contribution in [-0.4, -0.2) is 47.5 Å². The third-order valence-corrected chi connectivity index (χ3v) is 3.66. The van der Waals surface area contributed by atoms with E-state index in [4.69, 9.17) is 9.26 Å². The molecule has 22 heavy (non-hydrogen) atoms. The van der Waals surface area contributed by atoms with Gasteiger partial charge >= 0.3 is 0 Å². The summed E-state index contributed by atoms with van der Waals surface area (Å²) in [5.74, 6) is -0.239. The van der Waals surface area contributed by atoms with E-state index in [-0.39, 0.29) is 29.8 Å². The number of amides is 1. The summed E-state index contributed by atoms with van der Waals surface area (Å²) in [5, 5.41) is 3.67. The fourth-order valence-electron chi connectivity index (χ4n) is 2.52. The number of ether oxygens (including phenoxy) is 1. The number of ketones is 1. The van der Waals surface area contributed by atoms with Gasteiger partial charge in [0, 0.05) is 24.6 Å². The molecular formula is C16H16N2O4. The number of morpholine rings is 1. The van der Waals surface area contributed by atoms with Gasteiger partial charge in [0.05, 0.1) is 19.3 Å². The normalized spacial score (nSPS) is 18.2. The summed E-state index contributed by atoms with van der Waals surface area (Å²) < 4.78 is 10.1. The second-order valence-electron chi connectivity index (χ2n) is 5.11. The van der Waals surface area contributed by atoms with Crippen LogP contribution in [0.2, 0.25) is 0 Å². The van der Waals surface area contributed by atoms with Crippen LogP contribution in [0.1, 0.15) is 27.3 Å². The van der Waals surface area contributed by atoms with Gasteiger partial charge in [-0.25, -0.2) is 0 Å². The predicted molar refractivity (Wildman–Crippen MR) is 77.5 cm³/mol. The molecule has 0 bridgehead atoms. The first kappa shape index (κ1) is 14.5. The van der Waals surface area contributed by atoms with Crippen LogP contribution in [0.15, 0.2) is 47.2 Å². The second-order valence-corrected chi connectivity index (χ2v) is 5.11. The Labute approximate surface area is 127 Å². The van der Waals surface area contributed by atoms with Crippen molar-refractivity contribution >= 4 is 11.7 Å². The molecule has 3 rings (SSSR count). The zero-order valence-corrected chi connectivity index (χ0v) is 12.0. The standard InChI is InChI=1S/C16H16N2O4/c19-15(12-4-2-1-3-5-12)10-13-11-21-9-7-18(13)16(20)14-6-8-22-17-14/h1-6,8,13H,7,9-11H2. The Balaban J connectivity index is 1.73. The first-order chi connectivity index (χ1) is 10.8. The largest absolute Gasteiger partial charge is 0.377 e. The van der Waals surface area contributed by atoms with E-state index in [1.54, 1.807) is 17.0 Å². The highest BCUT2D eigenvalue weighted by Crippen LogP contribution is 2.17. The van der Waals surface area contributed by atoms with Gasteiger partial charge in [-0.2, -0.15) is 0 Å². The minimum absolute atomic E-state index is 0.00551. The van der Waals surface area contributed by atoms with Crippen LogP contribution in [-0.2, 0) is 4.74 Å². The minimum atomic E-state index is -0.286. The number of carbonyl (C=O) groups excluding carboxylic acids is 2. The first-order valence-electron chi connectivity index (χ1n) is 7.13. The van der Waals surface area contributed by atoms with E-state index in [1.807, 2.05) is 18.2 Å². The average Bonchev–Trinajstić information content (AvgIpc) is 3.10. The van der Waals surface area contributed by atoms with Crippen LogP contribution < -0.4 is 0 Å². The SMILES string of the molecule is O=C(CC1COCCN1C(=O)c1ccon1)c1ccccc1. The molecule has 0 aliphatic carbocycles. The quantitative estimate of drug-likeness (QED) is 0.805. The third kappa shape index (κ3) is 3.07. The van der Waals surface area contributed by atoms with E-state index in [0.717, 1.165) is 0 Å². The molecule has 0 spiro atoms. The summed E-state index contributed by atoms with van der Waals surface area (Å²) >= 11 is 0. The summed E-state index contributed by atoms with van der Waals surface area (Å²) in [7, 11) is 0. The summed E-state index contributed by atoms with van der Waals surface area (Å²) in [6.45, 7) is 1.25. The Morgan fingerprint density at radius 2 is 2.05 bits per heavy atom. The number of benzene rings is 1. The average molecular weight is 300 g/mol. The number of carbonyl (C=O) groups is 2. The zero-order chi connectivity index (χ0) is 15.4. The van der Waals surface area contributed by atoms with Crippen molar-refractivity contribution in [2.75, 3.05) is 19.8 Å². The van der Waals surface area contributed by atoms with Crippen molar-refractivity contribution < 1.29 is 18.8 Å². The summed E-state index contributed by atoms with van der Waals surface area (Å²) in [5.41, 5.74) is 0.890. The molecule has 6 heteroatoms. The van der Waals surface area contributed by atoms with Crippen LogP contribution in [0.25, 0.3) is 0 Å². The molecule has 1 unspecified atom stereocenters. The zero-order valence-electron chi connectivity index (χ0n) is 12.0. The van der Waals surface area contributed by atoms with Gasteiger partial charge in [0.2, 0.25) is 0 Å². The molecule has 1 aromatic heterocycles. The van der Waals surface area contributed by atoms with Crippen molar-refractivity contribution in [2.24, 2.45) is 0 Å². The molecule has 1 atom stereocenters. The van der Waals surface area contributed by atoms with E-state index in [9.17, 15) is 9.59 Å². The molecule has 1 aliphatic rings. The van der Waals surface area contributed by atoms with Crippen LogP contribution >= 0.6 is 0 Å².